The van der Waals surface area contributed by atoms with Crippen LogP contribution in [0.2, 0.25) is 0 Å². The molecule has 1 aliphatic carbocycles. The number of aryl methyl sites for hydroxylation is 1. The van der Waals surface area contributed by atoms with Crippen molar-refractivity contribution < 1.29 is 4.79 Å². The van der Waals surface area contributed by atoms with Crippen molar-refractivity contribution in [1.29, 1.82) is 0 Å². The van der Waals surface area contributed by atoms with E-state index in [1.165, 1.54) is 16.7 Å². The van der Waals surface area contributed by atoms with Crippen LogP contribution in [0.25, 0.3) is 0 Å². The maximum atomic E-state index is 12.4. The van der Waals surface area contributed by atoms with Gasteiger partial charge >= 0.3 is 0 Å². The van der Waals surface area contributed by atoms with Crippen molar-refractivity contribution in [2.45, 2.75) is 46.5 Å². The first-order valence-electron chi connectivity index (χ1n) is 7.29. The predicted molar refractivity (Wildman–Crippen MR) is 80.0 cm³/mol. The van der Waals surface area contributed by atoms with Crippen LogP contribution in [-0.4, -0.2) is 5.78 Å². The predicted octanol–water partition coefficient (Wildman–Crippen LogP) is 4.57. The number of carbonyl (C=O) groups is 1. The number of hydrogen-bond acceptors (Lipinski definition) is 1. The Bertz CT molecular complexity index is 470. The van der Waals surface area contributed by atoms with Crippen LogP contribution in [0, 0.1) is 11.8 Å². The average Bonchev–Trinajstić information content (AvgIpc) is 2.41. The molecule has 19 heavy (non-hydrogen) atoms. The van der Waals surface area contributed by atoms with Crippen LogP contribution >= 0.6 is 0 Å². The number of Topliss-reactive ketones (excluding diaryl/α,β-unsaturated/α-hetero) is 1. The quantitative estimate of drug-likeness (QED) is 0.721. The summed E-state index contributed by atoms with van der Waals surface area (Å²) in [5.41, 5.74) is 4.18. The molecule has 1 aliphatic rings. The molecule has 0 fully saturated rings. The Morgan fingerprint density at radius 3 is 2.42 bits per heavy atom. The normalized spacial score (nSPS) is 23.5. The van der Waals surface area contributed by atoms with Gasteiger partial charge in [0, 0.05) is 12.3 Å². The maximum absolute atomic E-state index is 12.4. The van der Waals surface area contributed by atoms with Crippen LogP contribution in [0.4, 0.5) is 0 Å². The molecule has 0 amide bonds. The van der Waals surface area contributed by atoms with Gasteiger partial charge in [0.1, 0.15) is 5.78 Å². The lowest BCUT2D eigenvalue weighted by molar-refractivity contribution is -0.124. The van der Waals surface area contributed by atoms with Crippen LogP contribution in [-0.2, 0) is 11.2 Å². The fourth-order valence-electron chi connectivity index (χ4n) is 3.03. The van der Waals surface area contributed by atoms with Crippen LogP contribution in [0.5, 0.6) is 0 Å². The zero-order valence-electron chi connectivity index (χ0n) is 12.3. The van der Waals surface area contributed by atoms with Gasteiger partial charge < -0.3 is 0 Å². The summed E-state index contributed by atoms with van der Waals surface area (Å²) in [4.78, 5) is 12.4. The molecule has 0 aliphatic heterocycles. The number of carbonyl (C=O) groups excluding carboxylic acids is 1. The highest BCUT2D eigenvalue weighted by Crippen LogP contribution is 2.34. The van der Waals surface area contributed by atoms with Crippen molar-refractivity contribution in [3.63, 3.8) is 0 Å². The Morgan fingerprint density at radius 1 is 1.11 bits per heavy atom. The maximum Gasteiger partial charge on any atom is 0.136 e. The monoisotopic (exact) mass is 256 g/mol. The van der Waals surface area contributed by atoms with Crippen LogP contribution in [0.15, 0.2) is 41.5 Å². The Labute approximate surface area is 116 Å². The van der Waals surface area contributed by atoms with Gasteiger partial charge in [-0.15, -0.1) is 0 Å². The zero-order chi connectivity index (χ0) is 13.8. The molecule has 0 saturated heterocycles. The van der Waals surface area contributed by atoms with Crippen LogP contribution in [0.3, 0.4) is 0 Å². The molecule has 0 spiro atoms. The molecule has 2 rings (SSSR count). The molecule has 0 saturated carbocycles. The molecule has 0 aromatic heterocycles. The van der Waals surface area contributed by atoms with E-state index in [1.807, 2.05) is 18.2 Å². The molecule has 1 aromatic carbocycles. The van der Waals surface area contributed by atoms with Crippen molar-refractivity contribution in [3.8, 4) is 0 Å². The fraction of sp³-hybridized carbons (Fsp3) is 0.500. The Kier molecular flexibility index (Phi) is 4.57. The smallest absolute Gasteiger partial charge is 0.136 e. The number of hydrogen-bond donors (Lipinski definition) is 0. The summed E-state index contributed by atoms with van der Waals surface area (Å²) in [5.74, 6) is 1.20. The van der Waals surface area contributed by atoms with Gasteiger partial charge in [-0.2, -0.15) is 0 Å². The largest absolute Gasteiger partial charge is 0.299 e. The first-order chi connectivity index (χ1) is 9.08. The molecule has 0 unspecified atom stereocenters. The summed E-state index contributed by atoms with van der Waals surface area (Å²) in [5, 5.41) is 0. The molecule has 0 N–H and O–H groups in total. The summed E-state index contributed by atoms with van der Waals surface area (Å²) in [6, 6.07) is 10.3. The minimum Gasteiger partial charge on any atom is -0.299 e. The lowest BCUT2D eigenvalue weighted by Crippen LogP contribution is -2.26. The van der Waals surface area contributed by atoms with Crippen molar-refractivity contribution in [1.82, 2.24) is 0 Å². The molecule has 1 nitrogen and oxygen atoms in total. The Hall–Kier alpha value is -1.37. The molecule has 102 valence electrons. The average molecular weight is 256 g/mol. The minimum absolute atomic E-state index is 0.243. The highest BCUT2D eigenvalue weighted by atomic mass is 16.1. The topological polar surface area (TPSA) is 17.1 Å². The molecule has 0 radical (unpaired) electrons. The van der Waals surface area contributed by atoms with E-state index in [-0.39, 0.29) is 5.92 Å². The van der Waals surface area contributed by atoms with Crippen molar-refractivity contribution in [2.24, 2.45) is 11.8 Å². The number of rotatable bonds is 4. The standard InChI is InChI=1S/C18H24O/c1-13-11-15(3)17(12-14(13)2)18(19)10-9-16-7-5-4-6-8-16/h4-8,15,17H,9-12H2,1-3H3/t15-,17-/m0/s1. The number of allylic oxidation sites excluding steroid dienone is 2. The van der Waals surface area contributed by atoms with E-state index in [4.69, 9.17) is 0 Å². The van der Waals surface area contributed by atoms with Gasteiger partial charge in [-0.05, 0) is 44.6 Å². The third-order valence-corrected chi connectivity index (χ3v) is 4.49. The lowest BCUT2D eigenvalue weighted by Gasteiger charge is -2.29. The van der Waals surface area contributed by atoms with Gasteiger partial charge in [-0.3, -0.25) is 4.79 Å². The molecule has 0 bridgehead atoms. The van der Waals surface area contributed by atoms with Gasteiger partial charge in [-0.1, -0.05) is 48.4 Å². The molecule has 0 heterocycles. The van der Waals surface area contributed by atoms with E-state index in [0.29, 0.717) is 18.1 Å². The third-order valence-electron chi connectivity index (χ3n) is 4.49. The second-order valence-electron chi connectivity index (χ2n) is 6.00. The third kappa shape index (κ3) is 3.56. The number of ketones is 1. The van der Waals surface area contributed by atoms with Gasteiger partial charge in [0.05, 0.1) is 0 Å². The molecule has 2 atom stereocenters. The van der Waals surface area contributed by atoms with Gasteiger partial charge in [-0.25, -0.2) is 0 Å². The van der Waals surface area contributed by atoms with Crippen LogP contribution < -0.4 is 0 Å². The summed E-state index contributed by atoms with van der Waals surface area (Å²) in [6.45, 7) is 6.61. The molecule has 1 aromatic rings. The summed E-state index contributed by atoms with van der Waals surface area (Å²) in [7, 11) is 0. The second-order valence-corrected chi connectivity index (χ2v) is 6.00. The highest BCUT2D eigenvalue weighted by Gasteiger charge is 2.28. The van der Waals surface area contributed by atoms with Crippen molar-refractivity contribution in [2.75, 3.05) is 0 Å². The highest BCUT2D eigenvalue weighted by molar-refractivity contribution is 5.82. The molecular formula is C18H24O. The first-order valence-corrected chi connectivity index (χ1v) is 7.29. The van der Waals surface area contributed by atoms with Crippen molar-refractivity contribution >= 4 is 5.78 Å². The van der Waals surface area contributed by atoms with Crippen LogP contribution in [0.1, 0.15) is 45.6 Å². The van der Waals surface area contributed by atoms with E-state index < -0.39 is 0 Å². The van der Waals surface area contributed by atoms with E-state index in [0.717, 1.165) is 19.3 Å². The zero-order valence-corrected chi connectivity index (χ0v) is 12.3. The van der Waals surface area contributed by atoms with E-state index in [1.54, 1.807) is 0 Å². The SMILES string of the molecule is CC1=C(C)C[C@H](C)[C@@H](C(=O)CCc2ccccc2)C1. The Morgan fingerprint density at radius 2 is 1.74 bits per heavy atom. The first kappa shape index (κ1) is 14.0. The molecular weight excluding hydrogens is 232 g/mol. The van der Waals surface area contributed by atoms with E-state index in [9.17, 15) is 4.79 Å². The van der Waals surface area contributed by atoms with Gasteiger partial charge in [0.15, 0.2) is 0 Å². The fourth-order valence-corrected chi connectivity index (χ4v) is 3.03. The van der Waals surface area contributed by atoms with Gasteiger partial charge in [0.2, 0.25) is 0 Å². The van der Waals surface area contributed by atoms with Crippen molar-refractivity contribution in [3.05, 3.63) is 47.0 Å². The minimum atomic E-state index is 0.243. The van der Waals surface area contributed by atoms with E-state index in [2.05, 4.69) is 32.9 Å². The second kappa shape index (κ2) is 6.18. The lowest BCUT2D eigenvalue weighted by atomic mass is 9.74. The summed E-state index contributed by atoms with van der Waals surface area (Å²) >= 11 is 0. The summed E-state index contributed by atoms with van der Waals surface area (Å²) < 4.78 is 0. The van der Waals surface area contributed by atoms with E-state index >= 15 is 0 Å². The summed E-state index contributed by atoms with van der Waals surface area (Å²) in [6.07, 6.45) is 3.63. The Balaban J connectivity index is 1.94. The van der Waals surface area contributed by atoms with Gasteiger partial charge in [0.25, 0.3) is 0 Å². The number of benzene rings is 1. The molecule has 1 heteroatoms.